The van der Waals surface area contributed by atoms with Crippen molar-refractivity contribution in [1.82, 2.24) is 9.97 Å². The van der Waals surface area contributed by atoms with Crippen LogP contribution in [-0.4, -0.2) is 9.97 Å². The van der Waals surface area contributed by atoms with E-state index in [9.17, 15) is 13.2 Å². The number of fused-ring (bicyclic) bond motifs is 2. The lowest BCUT2D eigenvalue weighted by Crippen LogP contribution is -2.34. The van der Waals surface area contributed by atoms with Crippen LogP contribution in [0.15, 0.2) is 0 Å². The molecule has 196 valence electrons. The van der Waals surface area contributed by atoms with Gasteiger partial charge in [-0.3, -0.25) is 4.98 Å². The number of rotatable bonds is 4. The average Bonchev–Trinajstić information content (AvgIpc) is 3.38. The fraction of sp³-hybridized carbons (Fsp3) is 0.677. The van der Waals surface area contributed by atoms with E-state index >= 15 is 0 Å². The molecule has 0 amide bonds. The van der Waals surface area contributed by atoms with Gasteiger partial charge in [-0.2, -0.15) is 13.2 Å². The number of aryl methyl sites for hydroxylation is 2. The quantitative estimate of drug-likeness (QED) is 0.424. The van der Waals surface area contributed by atoms with Gasteiger partial charge in [-0.1, -0.05) is 34.6 Å². The van der Waals surface area contributed by atoms with Crippen LogP contribution >= 0.6 is 0 Å². The first-order valence-corrected chi connectivity index (χ1v) is 13.8. The number of hydrogen-bond donors (Lipinski definition) is 0. The SMILES string of the molecule is Cc1c(C2CCC2CC(C)(C)c2c(C)c(C(F)(F)F)nc3c2CCC3)nc2c(c1C(C)(C)C)CCC2. The molecule has 2 aromatic heterocycles. The molecule has 36 heavy (non-hydrogen) atoms. The molecule has 2 heterocycles. The molecular formula is C31H41F3N2. The Labute approximate surface area is 214 Å². The Hall–Kier alpha value is -1.91. The summed E-state index contributed by atoms with van der Waals surface area (Å²) in [6, 6.07) is 0. The number of nitrogens with zero attached hydrogens (tertiary/aromatic N) is 2. The van der Waals surface area contributed by atoms with Crippen molar-refractivity contribution in [2.75, 3.05) is 0 Å². The highest BCUT2D eigenvalue weighted by Crippen LogP contribution is 2.52. The minimum absolute atomic E-state index is 0.0808. The van der Waals surface area contributed by atoms with E-state index in [0.717, 1.165) is 56.1 Å². The monoisotopic (exact) mass is 498 g/mol. The summed E-state index contributed by atoms with van der Waals surface area (Å²) < 4.78 is 41.8. The maximum Gasteiger partial charge on any atom is 0.433 e. The normalized spacial score (nSPS) is 21.9. The zero-order valence-electron chi connectivity index (χ0n) is 23.0. The Bertz CT molecular complexity index is 1200. The number of aromatic nitrogens is 2. The van der Waals surface area contributed by atoms with E-state index in [4.69, 9.17) is 4.98 Å². The molecule has 0 aromatic carbocycles. The second kappa shape index (κ2) is 8.56. The fourth-order valence-corrected chi connectivity index (χ4v) is 7.89. The minimum Gasteiger partial charge on any atom is -0.257 e. The predicted molar refractivity (Wildman–Crippen MR) is 139 cm³/mol. The van der Waals surface area contributed by atoms with Gasteiger partial charge in [-0.05, 0) is 122 Å². The van der Waals surface area contributed by atoms with Crippen molar-refractivity contribution in [3.8, 4) is 0 Å². The van der Waals surface area contributed by atoms with Gasteiger partial charge in [-0.25, -0.2) is 4.98 Å². The van der Waals surface area contributed by atoms with Gasteiger partial charge in [0.1, 0.15) is 5.69 Å². The summed E-state index contributed by atoms with van der Waals surface area (Å²) >= 11 is 0. The molecule has 2 atom stereocenters. The summed E-state index contributed by atoms with van der Waals surface area (Å²) in [7, 11) is 0. The van der Waals surface area contributed by atoms with Crippen molar-refractivity contribution >= 4 is 0 Å². The summed E-state index contributed by atoms with van der Waals surface area (Å²) in [4.78, 5) is 9.38. The largest absolute Gasteiger partial charge is 0.433 e. The van der Waals surface area contributed by atoms with Crippen LogP contribution in [0.3, 0.4) is 0 Å². The molecule has 0 N–H and O–H groups in total. The molecular weight excluding hydrogens is 457 g/mol. The van der Waals surface area contributed by atoms with E-state index in [1.54, 1.807) is 6.92 Å². The maximum absolute atomic E-state index is 13.9. The number of alkyl halides is 3. The van der Waals surface area contributed by atoms with Crippen LogP contribution in [-0.2, 0) is 42.7 Å². The van der Waals surface area contributed by atoms with Crippen molar-refractivity contribution in [3.63, 3.8) is 0 Å². The summed E-state index contributed by atoms with van der Waals surface area (Å²) in [6.45, 7) is 15.2. The molecule has 0 bridgehead atoms. The summed E-state index contributed by atoms with van der Waals surface area (Å²) in [5.74, 6) is 0.839. The molecule has 0 radical (unpaired) electrons. The molecule has 2 nitrogen and oxygen atoms in total. The van der Waals surface area contributed by atoms with Crippen molar-refractivity contribution in [1.29, 1.82) is 0 Å². The first-order valence-electron chi connectivity index (χ1n) is 13.8. The van der Waals surface area contributed by atoms with Gasteiger partial charge in [0.25, 0.3) is 0 Å². The van der Waals surface area contributed by atoms with Crippen LogP contribution < -0.4 is 0 Å². The smallest absolute Gasteiger partial charge is 0.257 e. The summed E-state index contributed by atoms with van der Waals surface area (Å²) in [5, 5.41) is 0. The van der Waals surface area contributed by atoms with Gasteiger partial charge in [0.15, 0.2) is 0 Å². The minimum atomic E-state index is -4.42. The van der Waals surface area contributed by atoms with Gasteiger partial charge in [0, 0.05) is 23.0 Å². The molecule has 0 aliphatic heterocycles. The average molecular weight is 499 g/mol. The molecule has 2 unspecified atom stereocenters. The molecule has 1 saturated carbocycles. The Morgan fingerprint density at radius 2 is 1.33 bits per heavy atom. The van der Waals surface area contributed by atoms with Gasteiger partial charge < -0.3 is 0 Å². The van der Waals surface area contributed by atoms with Gasteiger partial charge in [0.05, 0.1) is 0 Å². The molecule has 5 rings (SSSR count). The van der Waals surface area contributed by atoms with E-state index in [-0.39, 0.29) is 10.8 Å². The van der Waals surface area contributed by atoms with Crippen molar-refractivity contribution < 1.29 is 13.2 Å². The first kappa shape index (κ1) is 25.7. The lowest BCUT2D eigenvalue weighted by Gasteiger charge is -2.43. The zero-order chi connectivity index (χ0) is 26.2. The first-order chi connectivity index (χ1) is 16.7. The van der Waals surface area contributed by atoms with E-state index in [1.807, 2.05) is 0 Å². The van der Waals surface area contributed by atoms with Crippen LogP contribution in [0.5, 0.6) is 0 Å². The highest BCUT2D eigenvalue weighted by molar-refractivity contribution is 5.49. The van der Waals surface area contributed by atoms with Crippen LogP contribution in [0.25, 0.3) is 0 Å². The molecule has 3 aliphatic carbocycles. The van der Waals surface area contributed by atoms with Crippen molar-refractivity contribution in [3.05, 3.63) is 56.2 Å². The molecule has 3 aliphatic rings. The third-order valence-corrected chi connectivity index (χ3v) is 9.21. The third-order valence-electron chi connectivity index (χ3n) is 9.21. The lowest BCUT2D eigenvalue weighted by atomic mass is 9.62. The van der Waals surface area contributed by atoms with Crippen LogP contribution in [0.1, 0.15) is 129 Å². The Morgan fingerprint density at radius 1 is 0.750 bits per heavy atom. The predicted octanol–water partition coefficient (Wildman–Crippen LogP) is 8.25. The standard InChI is InChI=1S/C31H41F3N2/c1-17-25(29(3,4)5)21-10-8-12-23(21)35-27(17)20-15-14-19(20)16-30(6,7)26-18(2)28(31(32,33)34)36-24-13-9-11-22(24)26/h19-20H,8-16H2,1-7H3. The summed E-state index contributed by atoms with van der Waals surface area (Å²) in [5.41, 5.74) is 8.95. The van der Waals surface area contributed by atoms with Gasteiger partial charge in [-0.15, -0.1) is 0 Å². The van der Waals surface area contributed by atoms with E-state index in [2.05, 4.69) is 46.5 Å². The van der Waals surface area contributed by atoms with Crippen LogP contribution in [0.2, 0.25) is 0 Å². The zero-order valence-corrected chi connectivity index (χ0v) is 23.0. The number of pyridine rings is 2. The van der Waals surface area contributed by atoms with E-state index in [1.165, 1.54) is 34.5 Å². The van der Waals surface area contributed by atoms with E-state index in [0.29, 0.717) is 29.5 Å². The Balaban J connectivity index is 1.51. The highest BCUT2D eigenvalue weighted by atomic mass is 19.4. The topological polar surface area (TPSA) is 25.8 Å². The Kier molecular flexibility index (Phi) is 6.12. The van der Waals surface area contributed by atoms with E-state index < -0.39 is 11.9 Å². The number of halogens is 3. The second-order valence-corrected chi connectivity index (χ2v) is 13.3. The van der Waals surface area contributed by atoms with Gasteiger partial charge >= 0.3 is 6.18 Å². The van der Waals surface area contributed by atoms with Crippen LogP contribution in [0.4, 0.5) is 13.2 Å². The molecule has 0 spiro atoms. The molecule has 5 heteroatoms. The molecule has 0 saturated heterocycles. The fourth-order valence-electron chi connectivity index (χ4n) is 7.89. The second-order valence-electron chi connectivity index (χ2n) is 13.3. The third kappa shape index (κ3) is 4.19. The van der Waals surface area contributed by atoms with Crippen molar-refractivity contribution in [2.45, 2.75) is 129 Å². The summed E-state index contributed by atoms with van der Waals surface area (Å²) in [6.07, 6.45) is 4.48. The number of hydrogen-bond acceptors (Lipinski definition) is 2. The van der Waals surface area contributed by atoms with Crippen LogP contribution in [0, 0.1) is 19.8 Å². The van der Waals surface area contributed by atoms with Crippen molar-refractivity contribution in [2.24, 2.45) is 5.92 Å². The highest BCUT2D eigenvalue weighted by Gasteiger charge is 2.44. The molecule has 2 aromatic rings. The maximum atomic E-state index is 13.9. The lowest BCUT2D eigenvalue weighted by molar-refractivity contribution is -0.141. The molecule has 1 fully saturated rings. The van der Waals surface area contributed by atoms with Gasteiger partial charge in [0.2, 0.25) is 0 Å². The Morgan fingerprint density at radius 3 is 1.86 bits per heavy atom.